The normalized spacial score (nSPS) is 22.7. The summed E-state index contributed by atoms with van der Waals surface area (Å²) in [5.74, 6) is -1.35. The Morgan fingerprint density at radius 2 is 1.55 bits per heavy atom. The molecule has 4 N–H and O–H groups in total. The van der Waals surface area contributed by atoms with Crippen LogP contribution in [0.25, 0.3) is 0 Å². The Morgan fingerprint density at radius 3 is 2.14 bits per heavy atom. The van der Waals surface area contributed by atoms with Gasteiger partial charge in [0, 0.05) is 23.2 Å². The maximum atomic E-state index is 13.6. The van der Waals surface area contributed by atoms with Gasteiger partial charge in [0.05, 0.1) is 15.5 Å². The minimum atomic E-state index is -4.89. The Kier molecular flexibility index (Phi) is 7.16. The predicted octanol–water partition coefficient (Wildman–Crippen LogP) is 4.04. The van der Waals surface area contributed by atoms with Crippen molar-refractivity contribution in [1.29, 1.82) is 0 Å². The summed E-state index contributed by atoms with van der Waals surface area (Å²) in [5, 5.41) is 18.0. The first-order valence-electron chi connectivity index (χ1n) is 12.6. The number of rotatable bonds is 5. The molecular weight excluding hydrogens is 602 g/mol. The molecule has 1 amide bonds. The van der Waals surface area contributed by atoms with Gasteiger partial charge in [-0.3, -0.25) is 9.10 Å². The van der Waals surface area contributed by atoms with E-state index in [1.165, 1.54) is 36.4 Å². The van der Waals surface area contributed by atoms with Crippen LogP contribution in [-0.4, -0.2) is 46.2 Å². The lowest BCUT2D eigenvalue weighted by molar-refractivity contribution is -0.272. The fraction of sp³-hybridized carbons (Fsp3) is 0.296. The average Bonchev–Trinajstić information content (AvgIpc) is 3.24. The predicted molar refractivity (Wildman–Crippen MR) is 144 cm³/mol. The van der Waals surface area contributed by atoms with Gasteiger partial charge in [0.1, 0.15) is 5.82 Å². The summed E-state index contributed by atoms with van der Waals surface area (Å²) in [6, 6.07) is 13.4. The number of halogens is 4. The topological polar surface area (TPSA) is 147 Å². The molecule has 15 heteroatoms. The van der Waals surface area contributed by atoms with E-state index >= 15 is 0 Å². The Morgan fingerprint density at radius 1 is 0.905 bits per heavy atom. The highest BCUT2D eigenvalue weighted by atomic mass is 32.2. The molecule has 3 aromatic rings. The first kappa shape index (κ1) is 29.9. The average molecular weight is 628 g/mol. The zero-order valence-corrected chi connectivity index (χ0v) is 23.4. The van der Waals surface area contributed by atoms with E-state index in [2.05, 4.69) is 5.32 Å². The molecular formula is C27H25F4N3O6S2. The summed E-state index contributed by atoms with van der Waals surface area (Å²) in [6.45, 7) is -0.253. The lowest BCUT2D eigenvalue weighted by Gasteiger charge is -2.43. The summed E-state index contributed by atoms with van der Waals surface area (Å²) >= 11 is 0. The van der Waals surface area contributed by atoms with Crippen molar-refractivity contribution in [1.82, 2.24) is 0 Å². The van der Waals surface area contributed by atoms with Crippen molar-refractivity contribution in [2.45, 2.75) is 52.7 Å². The highest BCUT2D eigenvalue weighted by Gasteiger charge is 2.59. The molecule has 0 aromatic heterocycles. The van der Waals surface area contributed by atoms with E-state index in [0.29, 0.717) is 5.56 Å². The molecule has 42 heavy (non-hydrogen) atoms. The number of hydrogen-bond acceptors (Lipinski definition) is 6. The number of carbonyl (C=O) groups is 1. The van der Waals surface area contributed by atoms with Gasteiger partial charge < -0.3 is 10.4 Å². The van der Waals surface area contributed by atoms with E-state index in [0.717, 1.165) is 34.6 Å². The number of sulfonamides is 2. The van der Waals surface area contributed by atoms with Crippen molar-refractivity contribution in [3.63, 3.8) is 0 Å². The van der Waals surface area contributed by atoms with Gasteiger partial charge in [-0.25, -0.2) is 26.4 Å². The van der Waals surface area contributed by atoms with E-state index < -0.39 is 61.8 Å². The molecule has 0 radical (unpaired) electrons. The fourth-order valence-corrected chi connectivity index (χ4v) is 7.65. The van der Waals surface area contributed by atoms with Crippen molar-refractivity contribution in [2.24, 2.45) is 5.14 Å². The molecule has 9 nitrogen and oxygen atoms in total. The molecule has 0 bridgehead atoms. The number of amides is 1. The SMILES string of the molecule is NS(=O)(=O)c1cccc(NC(=O)c2ccc3c(c2)C2(CCC(O)(C(F)(F)F)CC2)CN3S(=O)(=O)c2ccc(F)cc2)c1. The third kappa shape index (κ3) is 5.25. The summed E-state index contributed by atoms with van der Waals surface area (Å²) in [6.07, 6.45) is -6.71. The van der Waals surface area contributed by atoms with Gasteiger partial charge in [0.2, 0.25) is 10.0 Å². The van der Waals surface area contributed by atoms with E-state index in [1.807, 2.05) is 0 Å². The number of anilines is 2. The van der Waals surface area contributed by atoms with Crippen LogP contribution in [0.5, 0.6) is 0 Å². The smallest absolute Gasteiger partial charge is 0.380 e. The number of alkyl halides is 3. The van der Waals surface area contributed by atoms with Crippen molar-refractivity contribution in [2.75, 3.05) is 16.2 Å². The highest BCUT2D eigenvalue weighted by Crippen LogP contribution is 2.55. The molecule has 1 aliphatic carbocycles. The molecule has 5 rings (SSSR count). The van der Waals surface area contributed by atoms with E-state index in [4.69, 9.17) is 5.14 Å². The zero-order chi connectivity index (χ0) is 30.7. The van der Waals surface area contributed by atoms with Crippen LogP contribution in [0.4, 0.5) is 28.9 Å². The third-order valence-electron chi connectivity index (χ3n) is 7.93. The number of nitrogens with zero attached hydrogens (tertiary/aromatic N) is 1. The van der Waals surface area contributed by atoms with Crippen molar-refractivity contribution in [3.8, 4) is 0 Å². The quantitative estimate of drug-likeness (QED) is 0.364. The van der Waals surface area contributed by atoms with Crippen LogP contribution in [-0.2, 0) is 25.5 Å². The second-order valence-corrected chi connectivity index (χ2v) is 14.0. The van der Waals surface area contributed by atoms with Gasteiger partial charge in [-0.05, 0) is 91.9 Å². The van der Waals surface area contributed by atoms with E-state index in [-0.39, 0.29) is 46.1 Å². The summed E-state index contributed by atoms with van der Waals surface area (Å²) < 4.78 is 106. The Balaban J connectivity index is 1.54. The third-order valence-corrected chi connectivity index (χ3v) is 10.6. The lowest BCUT2D eigenvalue weighted by Crippen LogP contribution is -2.52. The van der Waals surface area contributed by atoms with Crippen LogP contribution in [0, 0.1) is 5.82 Å². The Hall–Kier alpha value is -3.53. The molecule has 1 aliphatic heterocycles. The molecule has 0 saturated heterocycles. The van der Waals surface area contributed by atoms with Gasteiger partial charge in [-0.1, -0.05) is 6.07 Å². The van der Waals surface area contributed by atoms with Crippen molar-refractivity contribution < 1.29 is 44.3 Å². The summed E-state index contributed by atoms with van der Waals surface area (Å²) in [5.41, 5.74) is -3.51. The molecule has 2 aliphatic rings. The number of nitrogens with two attached hydrogens (primary N) is 1. The van der Waals surface area contributed by atoms with Gasteiger partial charge in [-0.15, -0.1) is 0 Å². The highest BCUT2D eigenvalue weighted by molar-refractivity contribution is 7.92. The molecule has 1 fully saturated rings. The molecule has 1 heterocycles. The lowest BCUT2D eigenvalue weighted by atomic mass is 9.66. The molecule has 3 aromatic carbocycles. The standard InChI is InChI=1S/C27H25F4N3O6S2/c28-18-5-7-20(8-6-18)42(39,40)34-16-25(10-12-26(36,13-11-25)27(29,30)31)22-14-17(4-9-23(22)34)24(35)33-19-2-1-3-21(15-19)41(32,37)38/h1-9,14-15,36H,10-13,16H2,(H,33,35)(H2,32,37,38). The molecule has 224 valence electrons. The fourth-order valence-electron chi connectivity index (χ4n) is 5.52. The zero-order valence-electron chi connectivity index (χ0n) is 21.7. The summed E-state index contributed by atoms with van der Waals surface area (Å²) in [7, 11) is -8.34. The molecule has 1 spiro atoms. The van der Waals surface area contributed by atoms with Gasteiger partial charge in [-0.2, -0.15) is 13.2 Å². The van der Waals surface area contributed by atoms with Crippen LogP contribution in [0.3, 0.4) is 0 Å². The number of hydrogen-bond donors (Lipinski definition) is 3. The number of fused-ring (bicyclic) bond motifs is 2. The van der Waals surface area contributed by atoms with E-state index in [1.54, 1.807) is 0 Å². The van der Waals surface area contributed by atoms with Crippen LogP contribution in [0.2, 0.25) is 0 Å². The first-order valence-corrected chi connectivity index (χ1v) is 15.6. The number of aliphatic hydroxyl groups is 1. The second kappa shape index (κ2) is 10.0. The Bertz CT molecular complexity index is 1770. The largest absolute Gasteiger partial charge is 0.417 e. The maximum absolute atomic E-state index is 13.6. The van der Waals surface area contributed by atoms with Gasteiger partial charge in [0.25, 0.3) is 15.9 Å². The molecule has 0 unspecified atom stereocenters. The second-order valence-electron chi connectivity index (χ2n) is 10.5. The minimum Gasteiger partial charge on any atom is -0.380 e. The van der Waals surface area contributed by atoms with Crippen LogP contribution >= 0.6 is 0 Å². The van der Waals surface area contributed by atoms with E-state index in [9.17, 15) is 44.3 Å². The number of nitrogens with one attached hydrogen (secondary N) is 1. The number of primary sulfonamides is 1. The maximum Gasteiger partial charge on any atom is 0.417 e. The van der Waals surface area contributed by atoms with Crippen molar-refractivity contribution >= 4 is 37.3 Å². The minimum absolute atomic E-state index is 0.0341. The number of carbonyl (C=O) groups excluding carboxylic acids is 1. The van der Waals surface area contributed by atoms with Gasteiger partial charge >= 0.3 is 6.18 Å². The summed E-state index contributed by atoms with van der Waals surface area (Å²) in [4.78, 5) is 12.7. The molecule has 0 atom stereocenters. The van der Waals surface area contributed by atoms with Crippen LogP contribution < -0.4 is 14.8 Å². The monoisotopic (exact) mass is 627 g/mol. The van der Waals surface area contributed by atoms with Gasteiger partial charge in [0.15, 0.2) is 5.60 Å². The Labute approximate surface area is 239 Å². The molecule has 1 saturated carbocycles. The van der Waals surface area contributed by atoms with Crippen molar-refractivity contribution in [3.05, 3.63) is 83.7 Å². The van der Waals surface area contributed by atoms with Crippen LogP contribution in [0.1, 0.15) is 41.6 Å². The van der Waals surface area contributed by atoms with Crippen LogP contribution in [0.15, 0.2) is 76.5 Å². The first-order chi connectivity index (χ1) is 19.5. The number of benzene rings is 3.